The van der Waals surface area contributed by atoms with Gasteiger partial charge < -0.3 is 14.6 Å². The summed E-state index contributed by atoms with van der Waals surface area (Å²) in [5, 5.41) is 13.4. The Morgan fingerprint density at radius 2 is 2.18 bits per heavy atom. The lowest BCUT2D eigenvalue weighted by atomic mass is 9.97. The zero-order valence-corrected chi connectivity index (χ0v) is 14.0. The molecule has 1 N–H and O–H groups in total. The quantitative estimate of drug-likeness (QED) is 0.644. The maximum Gasteiger partial charge on any atom is 0.191 e. The summed E-state index contributed by atoms with van der Waals surface area (Å²) in [5.74, 6) is 3.39. The number of hydrogen-bond acceptors (Lipinski definition) is 5. The molecule has 0 unspecified atom stereocenters. The Bertz CT molecular complexity index is 478. The largest absolute Gasteiger partial charge is 0.381 e. The average molecular weight is 322 g/mol. The fourth-order valence-electron chi connectivity index (χ4n) is 3.22. The molecule has 1 aromatic rings. The minimum atomic E-state index is 0.529. The summed E-state index contributed by atoms with van der Waals surface area (Å²) in [6.07, 6.45) is 6.70. The number of allylic oxidation sites excluding steroid dienone is 1. The predicted molar refractivity (Wildman–Crippen MR) is 89.3 cm³/mol. The van der Waals surface area contributed by atoms with E-state index in [1.165, 1.54) is 12.8 Å². The molecule has 0 radical (unpaired) electrons. The molecule has 2 fully saturated rings. The summed E-state index contributed by atoms with van der Waals surface area (Å²) in [6.45, 7) is 8.67. The van der Waals surface area contributed by atoms with E-state index >= 15 is 0 Å². The van der Waals surface area contributed by atoms with Crippen molar-refractivity contribution in [3.63, 3.8) is 0 Å². The van der Waals surface area contributed by atoms with Crippen LogP contribution in [0.15, 0.2) is 17.8 Å². The second-order valence-electron chi connectivity index (χ2n) is 6.16. The van der Waals surface area contributed by atoms with Crippen molar-refractivity contribution < 1.29 is 4.74 Å². The molecule has 2 aliphatic rings. The minimum absolute atomic E-state index is 0.529. The Hall–Kier alpha value is -0.850. The Balaban J connectivity index is 1.67. The summed E-state index contributed by atoms with van der Waals surface area (Å²) in [5.41, 5.74) is 0. The number of nitrogens with zero attached hydrogens (tertiary/aromatic N) is 3. The van der Waals surface area contributed by atoms with Gasteiger partial charge in [0, 0.05) is 24.8 Å². The van der Waals surface area contributed by atoms with Gasteiger partial charge in [-0.3, -0.25) is 0 Å². The van der Waals surface area contributed by atoms with Crippen LogP contribution in [0, 0.1) is 5.92 Å². The predicted octanol–water partition coefficient (Wildman–Crippen LogP) is 2.45. The Labute approximate surface area is 136 Å². The number of thioether (sulfide) groups is 1. The van der Waals surface area contributed by atoms with Crippen LogP contribution in [0.2, 0.25) is 0 Å². The normalized spacial score (nSPS) is 23.5. The van der Waals surface area contributed by atoms with Crippen molar-refractivity contribution in [3.05, 3.63) is 18.5 Å². The molecule has 0 aromatic carbocycles. The molecule has 5 nitrogen and oxygen atoms in total. The van der Waals surface area contributed by atoms with Gasteiger partial charge in [0.15, 0.2) is 5.16 Å². The van der Waals surface area contributed by atoms with Crippen molar-refractivity contribution >= 4 is 11.8 Å². The Kier molecular flexibility index (Phi) is 5.92. The van der Waals surface area contributed by atoms with E-state index in [1.54, 1.807) is 0 Å². The average Bonchev–Trinajstić information content (AvgIpc) is 2.98. The third-order valence-electron chi connectivity index (χ3n) is 4.46. The van der Waals surface area contributed by atoms with Gasteiger partial charge in [0.2, 0.25) is 0 Å². The van der Waals surface area contributed by atoms with Crippen LogP contribution in [0.5, 0.6) is 0 Å². The molecular formula is C16H26N4OS. The highest BCUT2D eigenvalue weighted by Crippen LogP contribution is 2.29. The molecule has 2 saturated heterocycles. The molecule has 0 spiro atoms. The standard InChI is InChI=1S/C16H26N4OS/c1-2-9-20-15(14-5-7-17-8-6-14)18-19-16(20)22-12-13-4-3-10-21-11-13/h2,13-14,17H,1,3-12H2/t13-/m1/s1. The summed E-state index contributed by atoms with van der Waals surface area (Å²) in [6, 6.07) is 0. The Morgan fingerprint density at radius 3 is 2.91 bits per heavy atom. The number of hydrogen-bond donors (Lipinski definition) is 1. The highest BCUT2D eigenvalue weighted by Gasteiger charge is 2.23. The van der Waals surface area contributed by atoms with Gasteiger partial charge in [0.05, 0.1) is 6.61 Å². The van der Waals surface area contributed by atoms with E-state index in [0.717, 1.165) is 62.4 Å². The van der Waals surface area contributed by atoms with E-state index in [1.807, 2.05) is 17.8 Å². The van der Waals surface area contributed by atoms with Crippen molar-refractivity contribution in [2.75, 3.05) is 32.1 Å². The molecule has 0 amide bonds. The third kappa shape index (κ3) is 3.91. The van der Waals surface area contributed by atoms with Crippen LogP contribution in [0.25, 0.3) is 0 Å². The summed E-state index contributed by atoms with van der Waals surface area (Å²) in [7, 11) is 0. The number of piperidine rings is 1. The molecule has 2 aliphatic heterocycles. The van der Waals surface area contributed by atoms with Crippen LogP contribution < -0.4 is 5.32 Å². The SMILES string of the molecule is C=CCn1c(SC[C@@H]2CCCOC2)nnc1C1CCNCC1. The summed E-state index contributed by atoms with van der Waals surface area (Å²) in [4.78, 5) is 0. The fraction of sp³-hybridized carbons (Fsp3) is 0.750. The molecule has 6 heteroatoms. The molecule has 1 aromatic heterocycles. The zero-order chi connectivity index (χ0) is 15.2. The first-order valence-corrected chi connectivity index (χ1v) is 9.32. The van der Waals surface area contributed by atoms with Crippen LogP contribution in [0.3, 0.4) is 0 Å². The van der Waals surface area contributed by atoms with Gasteiger partial charge in [0.1, 0.15) is 5.82 Å². The van der Waals surface area contributed by atoms with Crippen molar-refractivity contribution in [2.24, 2.45) is 5.92 Å². The number of nitrogens with one attached hydrogen (secondary N) is 1. The molecular weight excluding hydrogens is 296 g/mol. The fourth-order valence-corrected chi connectivity index (χ4v) is 4.29. The molecule has 3 rings (SSSR count). The maximum absolute atomic E-state index is 5.57. The van der Waals surface area contributed by atoms with Gasteiger partial charge in [-0.2, -0.15) is 0 Å². The van der Waals surface area contributed by atoms with Crippen molar-refractivity contribution in [1.82, 2.24) is 20.1 Å². The molecule has 1 atom stereocenters. The number of rotatable bonds is 6. The van der Waals surface area contributed by atoms with E-state index in [4.69, 9.17) is 4.74 Å². The second-order valence-corrected chi connectivity index (χ2v) is 7.15. The van der Waals surface area contributed by atoms with Gasteiger partial charge in [0.25, 0.3) is 0 Å². The topological polar surface area (TPSA) is 52.0 Å². The van der Waals surface area contributed by atoms with E-state index in [2.05, 4.69) is 26.7 Å². The third-order valence-corrected chi connectivity index (χ3v) is 5.66. The molecule has 122 valence electrons. The van der Waals surface area contributed by atoms with Gasteiger partial charge >= 0.3 is 0 Å². The lowest BCUT2D eigenvalue weighted by molar-refractivity contribution is 0.0632. The van der Waals surface area contributed by atoms with Gasteiger partial charge in [-0.05, 0) is 44.7 Å². The monoisotopic (exact) mass is 322 g/mol. The molecule has 0 aliphatic carbocycles. The second kappa shape index (κ2) is 8.13. The number of aromatic nitrogens is 3. The van der Waals surface area contributed by atoms with E-state index < -0.39 is 0 Å². The summed E-state index contributed by atoms with van der Waals surface area (Å²) >= 11 is 1.82. The van der Waals surface area contributed by atoms with Crippen LogP contribution in [0.4, 0.5) is 0 Å². The Morgan fingerprint density at radius 1 is 1.32 bits per heavy atom. The first-order chi connectivity index (χ1) is 10.9. The van der Waals surface area contributed by atoms with Gasteiger partial charge in [-0.1, -0.05) is 17.8 Å². The highest BCUT2D eigenvalue weighted by atomic mass is 32.2. The molecule has 0 bridgehead atoms. The maximum atomic E-state index is 5.57. The van der Waals surface area contributed by atoms with Crippen molar-refractivity contribution in [3.8, 4) is 0 Å². The van der Waals surface area contributed by atoms with Crippen LogP contribution in [-0.2, 0) is 11.3 Å². The molecule has 0 saturated carbocycles. The van der Waals surface area contributed by atoms with Gasteiger partial charge in [-0.15, -0.1) is 16.8 Å². The van der Waals surface area contributed by atoms with E-state index in [-0.39, 0.29) is 0 Å². The lowest BCUT2D eigenvalue weighted by Crippen LogP contribution is -2.28. The van der Waals surface area contributed by atoms with Crippen molar-refractivity contribution in [1.29, 1.82) is 0 Å². The first-order valence-electron chi connectivity index (χ1n) is 8.33. The number of ether oxygens (including phenoxy) is 1. The van der Waals surface area contributed by atoms with E-state index in [9.17, 15) is 0 Å². The zero-order valence-electron chi connectivity index (χ0n) is 13.2. The summed E-state index contributed by atoms with van der Waals surface area (Å²) < 4.78 is 7.83. The van der Waals surface area contributed by atoms with Crippen LogP contribution in [0.1, 0.15) is 37.4 Å². The lowest BCUT2D eigenvalue weighted by Gasteiger charge is -2.23. The van der Waals surface area contributed by atoms with Crippen LogP contribution in [-0.4, -0.2) is 46.8 Å². The van der Waals surface area contributed by atoms with Crippen LogP contribution >= 0.6 is 11.8 Å². The molecule has 3 heterocycles. The molecule has 22 heavy (non-hydrogen) atoms. The van der Waals surface area contributed by atoms with E-state index in [0.29, 0.717) is 11.8 Å². The first kappa shape index (κ1) is 16.0. The minimum Gasteiger partial charge on any atom is -0.381 e. The van der Waals surface area contributed by atoms with Gasteiger partial charge in [-0.25, -0.2) is 0 Å². The van der Waals surface area contributed by atoms with Crippen molar-refractivity contribution in [2.45, 2.75) is 43.3 Å². The smallest absolute Gasteiger partial charge is 0.191 e. The highest BCUT2D eigenvalue weighted by molar-refractivity contribution is 7.99.